The third kappa shape index (κ3) is 3.42. The molecule has 0 bridgehead atoms. The Morgan fingerprint density at radius 1 is 1.42 bits per heavy atom. The molecule has 0 amide bonds. The minimum absolute atomic E-state index is 0.364. The number of carboxylic acid groups (broad SMARTS) is 1. The van der Waals surface area contributed by atoms with Crippen LogP contribution in [0.2, 0.25) is 0 Å². The number of nitrogens with zero attached hydrogens (tertiary/aromatic N) is 1. The topological polar surface area (TPSA) is 75.4 Å². The van der Waals surface area contributed by atoms with Crippen molar-refractivity contribution >= 4 is 5.97 Å². The molecule has 5 heteroatoms. The Kier molecular flexibility index (Phi) is 3.97. The fourth-order valence-electron chi connectivity index (χ4n) is 1.56. The Balaban J connectivity index is 2.03. The van der Waals surface area contributed by atoms with Crippen molar-refractivity contribution in [3.05, 3.63) is 41.8 Å². The summed E-state index contributed by atoms with van der Waals surface area (Å²) in [5, 5.41) is 11.6. The second-order valence-electron chi connectivity index (χ2n) is 4.45. The van der Waals surface area contributed by atoms with Gasteiger partial charge in [0.05, 0.1) is 5.69 Å². The van der Waals surface area contributed by atoms with Gasteiger partial charge in [-0.1, -0.05) is 17.7 Å². The predicted molar refractivity (Wildman–Crippen MR) is 70.6 cm³/mol. The van der Waals surface area contributed by atoms with Crippen LogP contribution in [0.5, 0.6) is 0 Å². The van der Waals surface area contributed by atoms with E-state index >= 15 is 0 Å². The number of hydrogen-bond donors (Lipinski definition) is 2. The summed E-state index contributed by atoms with van der Waals surface area (Å²) in [6, 6.07) is 7.25. The van der Waals surface area contributed by atoms with Crippen LogP contribution in [0.4, 0.5) is 0 Å². The van der Waals surface area contributed by atoms with E-state index in [1.165, 1.54) is 11.8 Å². The lowest BCUT2D eigenvalue weighted by Crippen LogP contribution is -2.33. The molecule has 1 aromatic heterocycles. The van der Waals surface area contributed by atoms with Crippen LogP contribution in [0.15, 0.2) is 34.9 Å². The molecule has 0 aliphatic carbocycles. The third-order valence-electron chi connectivity index (χ3n) is 2.81. The van der Waals surface area contributed by atoms with E-state index in [0.29, 0.717) is 18.1 Å². The zero-order valence-electron chi connectivity index (χ0n) is 10.9. The third-order valence-corrected chi connectivity index (χ3v) is 2.81. The van der Waals surface area contributed by atoms with E-state index < -0.39 is 12.0 Å². The fraction of sp³-hybridized carbons (Fsp3) is 0.286. The first-order valence-corrected chi connectivity index (χ1v) is 6.04. The first kappa shape index (κ1) is 13.3. The van der Waals surface area contributed by atoms with Crippen LogP contribution in [-0.2, 0) is 11.3 Å². The van der Waals surface area contributed by atoms with Gasteiger partial charge in [0.15, 0.2) is 0 Å². The number of carbonyl (C=O) groups is 1. The molecule has 1 heterocycles. The standard InChI is InChI=1S/C14H16N2O3/c1-9-3-5-11(6-4-9)13-16-12(8-19-13)7-15-10(2)14(17)18/h3-6,8,10,15H,7H2,1-2H3,(H,17,18)/t10-/m1/s1. The highest BCUT2D eigenvalue weighted by molar-refractivity contribution is 5.72. The van der Waals surface area contributed by atoms with Crippen molar-refractivity contribution in [3.8, 4) is 11.5 Å². The summed E-state index contributed by atoms with van der Waals surface area (Å²) in [6.07, 6.45) is 1.54. The summed E-state index contributed by atoms with van der Waals surface area (Å²) in [5.74, 6) is -0.345. The molecule has 0 saturated heterocycles. The van der Waals surface area contributed by atoms with Gasteiger partial charge in [-0.3, -0.25) is 10.1 Å². The van der Waals surface area contributed by atoms with Crippen LogP contribution in [0.3, 0.4) is 0 Å². The van der Waals surface area contributed by atoms with Gasteiger partial charge in [-0.05, 0) is 26.0 Å². The molecule has 1 atom stereocenters. The maximum Gasteiger partial charge on any atom is 0.320 e. The average molecular weight is 260 g/mol. The number of rotatable bonds is 5. The molecular weight excluding hydrogens is 244 g/mol. The number of aryl methyl sites for hydroxylation is 1. The SMILES string of the molecule is Cc1ccc(-c2nc(CN[C@H](C)C(=O)O)co2)cc1. The van der Waals surface area contributed by atoms with E-state index in [1.807, 2.05) is 31.2 Å². The van der Waals surface area contributed by atoms with E-state index in [2.05, 4.69) is 10.3 Å². The van der Waals surface area contributed by atoms with Crippen molar-refractivity contribution in [2.75, 3.05) is 0 Å². The molecule has 1 aromatic carbocycles. The Hall–Kier alpha value is -2.14. The zero-order chi connectivity index (χ0) is 13.8. The van der Waals surface area contributed by atoms with E-state index in [-0.39, 0.29) is 0 Å². The Morgan fingerprint density at radius 3 is 2.74 bits per heavy atom. The Labute approximate surface area is 111 Å². The largest absolute Gasteiger partial charge is 0.480 e. The Morgan fingerprint density at radius 2 is 2.11 bits per heavy atom. The molecule has 100 valence electrons. The van der Waals surface area contributed by atoms with E-state index in [9.17, 15) is 4.79 Å². The van der Waals surface area contributed by atoms with Crippen LogP contribution in [0, 0.1) is 6.92 Å². The van der Waals surface area contributed by atoms with Gasteiger partial charge in [-0.25, -0.2) is 4.98 Å². The number of benzene rings is 1. The smallest absolute Gasteiger partial charge is 0.320 e. The lowest BCUT2D eigenvalue weighted by molar-refractivity contribution is -0.139. The molecule has 2 aromatic rings. The van der Waals surface area contributed by atoms with Crippen LogP contribution in [0.1, 0.15) is 18.2 Å². The number of carboxylic acids is 1. The molecule has 5 nitrogen and oxygen atoms in total. The summed E-state index contributed by atoms with van der Waals surface area (Å²) in [4.78, 5) is 15.0. The number of aliphatic carboxylic acids is 1. The molecule has 0 saturated carbocycles. The quantitative estimate of drug-likeness (QED) is 0.862. The van der Waals surface area contributed by atoms with Gasteiger partial charge in [-0.2, -0.15) is 0 Å². The normalized spacial score (nSPS) is 12.3. The first-order chi connectivity index (χ1) is 9.06. The minimum Gasteiger partial charge on any atom is -0.480 e. The maximum absolute atomic E-state index is 10.7. The average Bonchev–Trinajstić information content (AvgIpc) is 2.85. The van der Waals surface area contributed by atoms with Gasteiger partial charge in [0.25, 0.3) is 0 Å². The summed E-state index contributed by atoms with van der Waals surface area (Å²) in [7, 11) is 0. The summed E-state index contributed by atoms with van der Waals surface area (Å²) < 4.78 is 5.38. The van der Waals surface area contributed by atoms with Gasteiger partial charge in [0, 0.05) is 12.1 Å². The van der Waals surface area contributed by atoms with Gasteiger partial charge in [0.1, 0.15) is 12.3 Å². The van der Waals surface area contributed by atoms with Crippen molar-refractivity contribution in [2.45, 2.75) is 26.4 Å². The monoisotopic (exact) mass is 260 g/mol. The molecular formula is C14H16N2O3. The van der Waals surface area contributed by atoms with Gasteiger partial charge in [-0.15, -0.1) is 0 Å². The second kappa shape index (κ2) is 5.67. The van der Waals surface area contributed by atoms with Crippen LogP contribution in [-0.4, -0.2) is 22.1 Å². The summed E-state index contributed by atoms with van der Waals surface area (Å²) in [6.45, 7) is 3.97. The van der Waals surface area contributed by atoms with Gasteiger partial charge < -0.3 is 9.52 Å². The van der Waals surface area contributed by atoms with Gasteiger partial charge >= 0.3 is 5.97 Å². The fourth-order valence-corrected chi connectivity index (χ4v) is 1.56. The van der Waals surface area contributed by atoms with Crippen molar-refractivity contribution < 1.29 is 14.3 Å². The van der Waals surface area contributed by atoms with Crippen molar-refractivity contribution in [3.63, 3.8) is 0 Å². The molecule has 0 unspecified atom stereocenters. The first-order valence-electron chi connectivity index (χ1n) is 6.04. The maximum atomic E-state index is 10.7. The second-order valence-corrected chi connectivity index (χ2v) is 4.45. The number of nitrogens with one attached hydrogen (secondary N) is 1. The van der Waals surface area contributed by atoms with Crippen molar-refractivity contribution in [2.24, 2.45) is 0 Å². The molecule has 0 aliphatic rings. The lowest BCUT2D eigenvalue weighted by atomic mass is 10.1. The molecule has 0 fully saturated rings. The predicted octanol–water partition coefficient (Wildman–Crippen LogP) is 2.21. The summed E-state index contributed by atoms with van der Waals surface area (Å²) >= 11 is 0. The highest BCUT2D eigenvalue weighted by atomic mass is 16.4. The summed E-state index contributed by atoms with van der Waals surface area (Å²) in [5.41, 5.74) is 2.76. The zero-order valence-corrected chi connectivity index (χ0v) is 10.9. The highest BCUT2D eigenvalue weighted by Gasteiger charge is 2.11. The minimum atomic E-state index is -0.887. The van der Waals surface area contributed by atoms with E-state index in [4.69, 9.17) is 9.52 Å². The van der Waals surface area contributed by atoms with Gasteiger partial charge in [0.2, 0.25) is 5.89 Å². The molecule has 19 heavy (non-hydrogen) atoms. The molecule has 0 spiro atoms. The number of oxazole rings is 1. The van der Waals surface area contributed by atoms with Crippen LogP contribution in [0.25, 0.3) is 11.5 Å². The van der Waals surface area contributed by atoms with E-state index in [1.54, 1.807) is 6.92 Å². The molecule has 0 radical (unpaired) electrons. The van der Waals surface area contributed by atoms with Crippen molar-refractivity contribution in [1.29, 1.82) is 0 Å². The molecule has 2 rings (SSSR count). The van der Waals surface area contributed by atoms with Crippen molar-refractivity contribution in [1.82, 2.24) is 10.3 Å². The van der Waals surface area contributed by atoms with Crippen LogP contribution >= 0.6 is 0 Å². The number of hydrogen-bond acceptors (Lipinski definition) is 4. The van der Waals surface area contributed by atoms with E-state index in [0.717, 1.165) is 5.56 Å². The Bertz CT molecular complexity index is 560. The number of aromatic nitrogens is 1. The lowest BCUT2D eigenvalue weighted by Gasteiger charge is -2.05. The van der Waals surface area contributed by atoms with Crippen LogP contribution < -0.4 is 5.32 Å². The molecule has 0 aliphatic heterocycles. The highest BCUT2D eigenvalue weighted by Crippen LogP contribution is 2.18. The molecule has 2 N–H and O–H groups in total.